The summed E-state index contributed by atoms with van der Waals surface area (Å²) < 4.78 is 7.91. The van der Waals surface area contributed by atoms with Crippen LogP contribution in [0.15, 0.2) is 48.4 Å². The molecule has 0 atom stereocenters. The first-order valence-corrected chi connectivity index (χ1v) is 8.96. The third-order valence-electron chi connectivity index (χ3n) is 3.58. The lowest BCUT2D eigenvalue weighted by molar-refractivity contribution is 0.299. The molecule has 126 valence electrons. The molecule has 0 aliphatic rings. The fourth-order valence-electron chi connectivity index (χ4n) is 2.27. The number of thiazole rings is 1. The van der Waals surface area contributed by atoms with E-state index in [1.807, 2.05) is 35.0 Å². The van der Waals surface area contributed by atoms with Crippen molar-refractivity contribution in [3.05, 3.63) is 59.1 Å². The second-order valence-electron chi connectivity index (χ2n) is 5.83. The molecular formula is C18H22N4OS. The Balaban J connectivity index is 1.56. The maximum Gasteiger partial charge on any atom is 0.142 e. The van der Waals surface area contributed by atoms with Gasteiger partial charge in [-0.05, 0) is 12.1 Å². The van der Waals surface area contributed by atoms with Crippen molar-refractivity contribution in [2.24, 2.45) is 0 Å². The second-order valence-corrected chi connectivity index (χ2v) is 6.72. The number of nitrogens with zero attached hydrogens (tertiary/aromatic N) is 3. The van der Waals surface area contributed by atoms with Crippen molar-refractivity contribution >= 4 is 17.0 Å². The minimum atomic E-state index is 0.475. The lowest BCUT2D eigenvalue weighted by atomic mass is 10.2. The highest BCUT2D eigenvalue weighted by atomic mass is 32.1. The number of ether oxygens (including phenoxy) is 1. The summed E-state index contributed by atoms with van der Waals surface area (Å²) in [6.45, 7) is 6.41. The van der Waals surface area contributed by atoms with Gasteiger partial charge in [0.25, 0.3) is 0 Å². The molecule has 0 aliphatic heterocycles. The fraction of sp³-hybridized carbons (Fsp3) is 0.333. The predicted molar refractivity (Wildman–Crippen MR) is 97.7 cm³/mol. The van der Waals surface area contributed by atoms with Gasteiger partial charge in [0.05, 0.1) is 35.8 Å². The second kappa shape index (κ2) is 7.97. The van der Waals surface area contributed by atoms with E-state index in [4.69, 9.17) is 4.74 Å². The molecule has 0 spiro atoms. The van der Waals surface area contributed by atoms with E-state index < -0.39 is 0 Å². The molecule has 2 heterocycles. The van der Waals surface area contributed by atoms with E-state index in [0.717, 1.165) is 23.7 Å². The van der Waals surface area contributed by atoms with Gasteiger partial charge in [0.15, 0.2) is 0 Å². The van der Waals surface area contributed by atoms with Crippen LogP contribution in [-0.2, 0) is 13.1 Å². The number of imidazole rings is 1. The quantitative estimate of drug-likeness (QED) is 0.668. The molecule has 0 amide bonds. The monoisotopic (exact) mass is 342 g/mol. The highest BCUT2D eigenvalue weighted by molar-refractivity contribution is 7.09. The third kappa shape index (κ3) is 4.35. The molecule has 1 N–H and O–H groups in total. The predicted octanol–water partition coefficient (Wildman–Crippen LogP) is 4.15. The molecule has 0 aliphatic carbocycles. The zero-order valence-corrected chi connectivity index (χ0v) is 14.8. The van der Waals surface area contributed by atoms with Crippen molar-refractivity contribution in [1.82, 2.24) is 14.5 Å². The average molecular weight is 342 g/mol. The van der Waals surface area contributed by atoms with Crippen LogP contribution in [-0.4, -0.2) is 21.1 Å². The van der Waals surface area contributed by atoms with E-state index >= 15 is 0 Å². The normalized spacial score (nSPS) is 11.0. The number of anilines is 1. The highest BCUT2D eigenvalue weighted by Gasteiger charge is 2.07. The number of hydrogen-bond acceptors (Lipinski definition) is 5. The van der Waals surface area contributed by atoms with Crippen LogP contribution in [0.25, 0.3) is 0 Å². The Kier molecular flexibility index (Phi) is 5.48. The van der Waals surface area contributed by atoms with Crippen LogP contribution in [0.3, 0.4) is 0 Å². The molecule has 5 nitrogen and oxygen atoms in total. The van der Waals surface area contributed by atoms with Crippen molar-refractivity contribution in [2.75, 3.05) is 11.9 Å². The molecule has 3 aromatic rings. The zero-order valence-electron chi connectivity index (χ0n) is 14.0. The molecule has 0 saturated carbocycles. The number of hydrogen-bond donors (Lipinski definition) is 1. The largest absolute Gasteiger partial charge is 0.490 e. The van der Waals surface area contributed by atoms with Crippen molar-refractivity contribution in [1.29, 1.82) is 0 Å². The van der Waals surface area contributed by atoms with Gasteiger partial charge in [0.1, 0.15) is 12.4 Å². The fourth-order valence-corrected chi connectivity index (χ4v) is 3.11. The molecule has 1 aromatic carbocycles. The molecular weight excluding hydrogens is 320 g/mol. The van der Waals surface area contributed by atoms with E-state index in [1.165, 1.54) is 5.01 Å². The van der Waals surface area contributed by atoms with Crippen LogP contribution in [0.5, 0.6) is 5.75 Å². The van der Waals surface area contributed by atoms with Gasteiger partial charge >= 0.3 is 0 Å². The van der Waals surface area contributed by atoms with Gasteiger partial charge in [-0.25, -0.2) is 9.97 Å². The Morgan fingerprint density at radius 3 is 2.92 bits per heavy atom. The van der Waals surface area contributed by atoms with Gasteiger partial charge < -0.3 is 14.6 Å². The van der Waals surface area contributed by atoms with Gasteiger partial charge in [-0.3, -0.25) is 0 Å². The summed E-state index contributed by atoms with van der Waals surface area (Å²) in [5.41, 5.74) is 2.05. The van der Waals surface area contributed by atoms with Gasteiger partial charge in [0, 0.05) is 23.7 Å². The van der Waals surface area contributed by atoms with E-state index in [9.17, 15) is 0 Å². The van der Waals surface area contributed by atoms with Crippen LogP contribution in [0.1, 0.15) is 30.5 Å². The Morgan fingerprint density at radius 2 is 2.17 bits per heavy atom. The first-order chi connectivity index (χ1) is 11.7. The molecule has 3 rings (SSSR count). The van der Waals surface area contributed by atoms with Crippen molar-refractivity contribution in [3.8, 4) is 5.75 Å². The summed E-state index contributed by atoms with van der Waals surface area (Å²) in [7, 11) is 0. The minimum absolute atomic E-state index is 0.475. The zero-order chi connectivity index (χ0) is 16.8. The smallest absolute Gasteiger partial charge is 0.142 e. The summed E-state index contributed by atoms with van der Waals surface area (Å²) in [5.74, 6) is 1.33. The molecule has 0 fully saturated rings. The Bertz CT molecular complexity index is 752. The van der Waals surface area contributed by atoms with Gasteiger partial charge in [-0.2, -0.15) is 0 Å². The maximum atomic E-state index is 5.91. The number of benzene rings is 1. The van der Waals surface area contributed by atoms with Crippen LogP contribution < -0.4 is 10.1 Å². The SMILES string of the molecule is CC(C)c1nc(CNc2ccccc2OCCn2ccnc2)cs1. The van der Waals surface area contributed by atoms with Gasteiger partial charge in [-0.1, -0.05) is 26.0 Å². The lowest BCUT2D eigenvalue weighted by Crippen LogP contribution is -2.08. The van der Waals surface area contributed by atoms with Crippen molar-refractivity contribution < 1.29 is 4.74 Å². The van der Waals surface area contributed by atoms with E-state index in [1.54, 1.807) is 23.9 Å². The van der Waals surface area contributed by atoms with Crippen LogP contribution in [0, 0.1) is 0 Å². The number of nitrogens with one attached hydrogen (secondary N) is 1. The Hall–Kier alpha value is -2.34. The minimum Gasteiger partial charge on any atom is -0.490 e. The molecule has 0 bridgehead atoms. The Labute approximate surface area is 146 Å². The number of aromatic nitrogens is 3. The van der Waals surface area contributed by atoms with E-state index in [2.05, 4.69) is 34.5 Å². The summed E-state index contributed by atoms with van der Waals surface area (Å²) in [6, 6.07) is 8.00. The van der Waals surface area contributed by atoms with E-state index in [-0.39, 0.29) is 0 Å². The van der Waals surface area contributed by atoms with Crippen LogP contribution in [0.2, 0.25) is 0 Å². The molecule has 0 saturated heterocycles. The highest BCUT2D eigenvalue weighted by Crippen LogP contribution is 2.25. The summed E-state index contributed by atoms with van der Waals surface area (Å²) in [4.78, 5) is 8.69. The number of rotatable bonds is 8. The molecule has 0 radical (unpaired) electrons. The standard InChI is InChI=1S/C18H22N4OS/c1-14(2)18-21-15(12-24-18)11-20-16-5-3-4-6-17(16)23-10-9-22-8-7-19-13-22/h3-8,12-14,20H,9-11H2,1-2H3. The Morgan fingerprint density at radius 1 is 1.29 bits per heavy atom. The first kappa shape index (κ1) is 16.5. The molecule has 0 unspecified atom stereocenters. The summed E-state index contributed by atoms with van der Waals surface area (Å²) in [5, 5.41) is 6.72. The van der Waals surface area contributed by atoms with Crippen LogP contribution >= 0.6 is 11.3 Å². The molecule has 24 heavy (non-hydrogen) atoms. The van der Waals surface area contributed by atoms with Crippen LogP contribution in [0.4, 0.5) is 5.69 Å². The topological polar surface area (TPSA) is 52.0 Å². The van der Waals surface area contributed by atoms with Gasteiger partial charge in [-0.15, -0.1) is 11.3 Å². The number of para-hydroxylation sites is 2. The van der Waals surface area contributed by atoms with Gasteiger partial charge in [0.2, 0.25) is 0 Å². The third-order valence-corrected chi connectivity index (χ3v) is 4.77. The van der Waals surface area contributed by atoms with Crippen molar-refractivity contribution in [3.63, 3.8) is 0 Å². The maximum absolute atomic E-state index is 5.91. The lowest BCUT2D eigenvalue weighted by Gasteiger charge is -2.13. The summed E-state index contributed by atoms with van der Waals surface area (Å²) in [6.07, 6.45) is 5.50. The van der Waals surface area contributed by atoms with E-state index in [0.29, 0.717) is 19.1 Å². The van der Waals surface area contributed by atoms with Crippen molar-refractivity contribution in [2.45, 2.75) is 32.9 Å². The summed E-state index contributed by atoms with van der Waals surface area (Å²) >= 11 is 1.72. The molecule has 6 heteroatoms. The first-order valence-electron chi connectivity index (χ1n) is 8.08. The molecule has 2 aromatic heterocycles. The average Bonchev–Trinajstić information content (AvgIpc) is 3.25.